The van der Waals surface area contributed by atoms with E-state index in [-0.39, 0.29) is 5.91 Å². The topological polar surface area (TPSA) is 67.3 Å². The number of benzene rings is 2. The van der Waals surface area contributed by atoms with E-state index in [1.165, 1.54) is 28.7 Å². The highest BCUT2D eigenvalue weighted by molar-refractivity contribution is 8.01. The maximum atomic E-state index is 12.4. The predicted molar refractivity (Wildman–Crippen MR) is 115 cm³/mol. The molecule has 3 aromatic rings. The van der Waals surface area contributed by atoms with E-state index in [9.17, 15) is 4.79 Å². The highest BCUT2D eigenvalue weighted by atomic mass is 32.2. The lowest BCUT2D eigenvalue weighted by atomic mass is 10.1. The maximum Gasteiger partial charge on any atom is 0.233 e. The molecule has 1 N–H and O–H groups in total. The minimum absolute atomic E-state index is 0.0609. The molecule has 28 heavy (non-hydrogen) atoms. The largest absolute Gasteiger partial charge is 0.497 e. The molecule has 1 heterocycles. The maximum absolute atomic E-state index is 12.4. The van der Waals surface area contributed by atoms with Gasteiger partial charge in [0, 0.05) is 25.3 Å². The third-order valence-corrected chi connectivity index (χ3v) is 6.10. The van der Waals surface area contributed by atoms with Gasteiger partial charge in [0.1, 0.15) is 5.75 Å². The number of methoxy groups -OCH3 is 1. The Balaban J connectivity index is 1.52. The van der Waals surface area contributed by atoms with E-state index in [4.69, 9.17) is 4.74 Å². The van der Waals surface area contributed by atoms with Crippen molar-refractivity contribution in [1.82, 2.24) is 15.1 Å². The van der Waals surface area contributed by atoms with Crippen LogP contribution in [0.25, 0.3) is 0 Å². The van der Waals surface area contributed by atoms with Crippen LogP contribution >= 0.6 is 23.1 Å². The Morgan fingerprint density at radius 2 is 2.04 bits per heavy atom. The summed E-state index contributed by atoms with van der Waals surface area (Å²) in [5.74, 6) is 1.16. The number of thioether (sulfide) groups is 1. The van der Waals surface area contributed by atoms with Crippen molar-refractivity contribution in [3.8, 4) is 5.75 Å². The highest BCUT2D eigenvalue weighted by Gasteiger charge is 2.13. The van der Waals surface area contributed by atoms with Crippen LogP contribution in [0.5, 0.6) is 5.75 Å². The van der Waals surface area contributed by atoms with E-state index in [0.717, 1.165) is 21.3 Å². The number of carbonyl (C=O) groups is 1. The molecule has 146 valence electrons. The molecule has 0 fully saturated rings. The first-order valence-corrected chi connectivity index (χ1v) is 10.5. The number of nitrogens with one attached hydrogen (secondary N) is 1. The van der Waals surface area contributed by atoms with Crippen LogP contribution in [-0.4, -0.2) is 40.9 Å². The number of carbonyl (C=O) groups excluding carboxylic acids is 1. The summed E-state index contributed by atoms with van der Waals surface area (Å²) in [6.07, 6.45) is 0. The standard InChI is InChI=1S/C20H22N4O2S2/c1-14-7-4-5-8-15(14)12-24(2)18(25)13-27-20-23-22-19(28-20)21-16-9-6-10-17(11-16)26-3/h4-11H,12-13H2,1-3H3,(H,21,22). The lowest BCUT2D eigenvalue weighted by molar-refractivity contribution is -0.127. The molecule has 3 rings (SSSR count). The summed E-state index contributed by atoms with van der Waals surface area (Å²) in [5, 5.41) is 12.2. The molecule has 0 saturated heterocycles. The normalized spacial score (nSPS) is 10.5. The fourth-order valence-corrected chi connectivity index (χ4v) is 4.22. The van der Waals surface area contributed by atoms with E-state index in [1.807, 2.05) is 49.5 Å². The summed E-state index contributed by atoms with van der Waals surface area (Å²) in [6.45, 7) is 2.66. The fourth-order valence-electron chi connectivity index (χ4n) is 2.51. The van der Waals surface area contributed by atoms with Gasteiger partial charge >= 0.3 is 0 Å². The summed E-state index contributed by atoms with van der Waals surface area (Å²) in [4.78, 5) is 14.2. The van der Waals surface area contributed by atoms with Crippen LogP contribution in [0.4, 0.5) is 10.8 Å². The number of anilines is 2. The van der Waals surface area contributed by atoms with Gasteiger partial charge in [-0.05, 0) is 30.2 Å². The van der Waals surface area contributed by atoms with Gasteiger partial charge in [-0.2, -0.15) is 0 Å². The van der Waals surface area contributed by atoms with Crippen LogP contribution < -0.4 is 10.1 Å². The molecule has 8 heteroatoms. The zero-order chi connectivity index (χ0) is 19.9. The molecule has 0 aliphatic carbocycles. The second-order valence-corrected chi connectivity index (χ2v) is 8.40. The van der Waals surface area contributed by atoms with Crippen LogP contribution in [0.2, 0.25) is 0 Å². The van der Waals surface area contributed by atoms with Crippen molar-refractivity contribution in [1.29, 1.82) is 0 Å². The molecule has 2 aromatic carbocycles. The number of amides is 1. The monoisotopic (exact) mass is 414 g/mol. The van der Waals surface area contributed by atoms with Gasteiger partial charge in [0.15, 0.2) is 4.34 Å². The lowest BCUT2D eigenvalue weighted by Crippen LogP contribution is -2.28. The van der Waals surface area contributed by atoms with Crippen LogP contribution in [0.15, 0.2) is 52.9 Å². The first-order chi connectivity index (χ1) is 13.5. The minimum Gasteiger partial charge on any atom is -0.497 e. The minimum atomic E-state index is 0.0609. The third kappa shape index (κ3) is 5.46. The Morgan fingerprint density at radius 1 is 1.21 bits per heavy atom. The number of hydrogen-bond acceptors (Lipinski definition) is 7. The number of rotatable bonds is 8. The summed E-state index contributed by atoms with van der Waals surface area (Å²) >= 11 is 2.82. The summed E-state index contributed by atoms with van der Waals surface area (Å²) in [5.41, 5.74) is 3.22. The Kier molecular flexibility index (Phi) is 6.89. The lowest BCUT2D eigenvalue weighted by Gasteiger charge is -2.18. The van der Waals surface area contributed by atoms with Gasteiger partial charge in [-0.1, -0.05) is 53.4 Å². The Labute approximate surface area is 172 Å². The van der Waals surface area contributed by atoms with E-state index < -0.39 is 0 Å². The van der Waals surface area contributed by atoms with E-state index in [0.29, 0.717) is 17.4 Å². The molecule has 0 radical (unpaired) electrons. The zero-order valence-electron chi connectivity index (χ0n) is 16.0. The van der Waals surface area contributed by atoms with Crippen LogP contribution in [0.3, 0.4) is 0 Å². The second-order valence-electron chi connectivity index (χ2n) is 6.20. The fraction of sp³-hybridized carbons (Fsp3) is 0.250. The smallest absolute Gasteiger partial charge is 0.233 e. The first-order valence-electron chi connectivity index (χ1n) is 8.71. The molecule has 0 atom stereocenters. The van der Waals surface area contributed by atoms with Gasteiger partial charge in [-0.25, -0.2) is 0 Å². The van der Waals surface area contributed by atoms with E-state index in [2.05, 4.69) is 28.5 Å². The quantitative estimate of drug-likeness (QED) is 0.553. The number of hydrogen-bond donors (Lipinski definition) is 1. The Bertz CT molecular complexity index is 945. The zero-order valence-corrected chi connectivity index (χ0v) is 17.6. The Morgan fingerprint density at radius 3 is 2.82 bits per heavy atom. The van der Waals surface area contributed by atoms with Crippen molar-refractivity contribution in [2.45, 2.75) is 17.8 Å². The summed E-state index contributed by atoms with van der Waals surface area (Å²) < 4.78 is 5.97. The van der Waals surface area contributed by atoms with Crippen LogP contribution in [-0.2, 0) is 11.3 Å². The molecule has 0 saturated carbocycles. The van der Waals surface area contributed by atoms with Crippen molar-refractivity contribution in [2.24, 2.45) is 0 Å². The molecule has 6 nitrogen and oxygen atoms in total. The summed E-state index contributed by atoms with van der Waals surface area (Å²) in [6, 6.07) is 15.7. The van der Waals surface area contributed by atoms with Gasteiger partial charge in [-0.3, -0.25) is 4.79 Å². The van der Waals surface area contributed by atoms with Crippen molar-refractivity contribution in [2.75, 3.05) is 25.2 Å². The van der Waals surface area contributed by atoms with Gasteiger partial charge in [0.2, 0.25) is 11.0 Å². The van der Waals surface area contributed by atoms with E-state index >= 15 is 0 Å². The van der Waals surface area contributed by atoms with Crippen molar-refractivity contribution in [3.05, 3.63) is 59.7 Å². The number of nitrogens with zero attached hydrogens (tertiary/aromatic N) is 3. The van der Waals surface area contributed by atoms with Gasteiger partial charge in [0.05, 0.1) is 12.9 Å². The molecular formula is C20H22N4O2S2. The van der Waals surface area contributed by atoms with Crippen molar-refractivity contribution < 1.29 is 9.53 Å². The highest BCUT2D eigenvalue weighted by Crippen LogP contribution is 2.29. The molecule has 0 aliphatic heterocycles. The SMILES string of the molecule is COc1cccc(Nc2nnc(SCC(=O)N(C)Cc3ccccc3C)s2)c1. The van der Waals surface area contributed by atoms with Gasteiger partial charge in [-0.15, -0.1) is 10.2 Å². The van der Waals surface area contributed by atoms with Crippen molar-refractivity contribution in [3.63, 3.8) is 0 Å². The number of aryl methyl sites for hydroxylation is 1. The Hall–Kier alpha value is -2.58. The van der Waals surface area contributed by atoms with E-state index in [1.54, 1.807) is 12.0 Å². The first kappa shape index (κ1) is 20.2. The average Bonchev–Trinajstić information content (AvgIpc) is 3.15. The molecule has 0 bridgehead atoms. The van der Waals surface area contributed by atoms with Crippen molar-refractivity contribution >= 4 is 39.8 Å². The summed E-state index contributed by atoms with van der Waals surface area (Å²) in [7, 11) is 3.46. The number of aromatic nitrogens is 2. The molecule has 0 unspecified atom stereocenters. The van der Waals surface area contributed by atoms with Crippen LogP contribution in [0, 0.1) is 6.92 Å². The average molecular weight is 415 g/mol. The molecule has 1 aromatic heterocycles. The molecule has 0 spiro atoms. The van der Waals surface area contributed by atoms with Gasteiger partial charge < -0.3 is 15.0 Å². The van der Waals surface area contributed by atoms with Crippen LogP contribution in [0.1, 0.15) is 11.1 Å². The third-order valence-electron chi connectivity index (χ3n) is 4.14. The molecular weight excluding hydrogens is 392 g/mol. The second kappa shape index (κ2) is 9.57. The molecule has 1 amide bonds. The predicted octanol–water partition coefficient (Wildman–Crippen LogP) is 4.35. The number of ether oxygens (including phenoxy) is 1. The molecule has 0 aliphatic rings. The van der Waals surface area contributed by atoms with Gasteiger partial charge in [0.25, 0.3) is 0 Å².